The van der Waals surface area contributed by atoms with Gasteiger partial charge < -0.3 is 14.6 Å². The number of unbranched alkanes of at least 4 members (excludes halogenated alkanes) is 1. The van der Waals surface area contributed by atoms with Crippen molar-refractivity contribution in [2.45, 2.75) is 19.4 Å². The van der Waals surface area contributed by atoms with E-state index in [-0.39, 0.29) is 5.91 Å². The molecule has 0 aliphatic heterocycles. The van der Waals surface area contributed by atoms with Crippen LogP contribution >= 0.6 is 15.9 Å². The minimum Gasteiger partial charge on any atom is -0.493 e. The molecule has 3 aromatic rings. The number of aromatic nitrogens is 4. The van der Waals surface area contributed by atoms with Crippen molar-refractivity contribution < 1.29 is 9.53 Å². The van der Waals surface area contributed by atoms with E-state index in [4.69, 9.17) is 4.74 Å². The molecule has 1 N–H and O–H groups in total. The van der Waals surface area contributed by atoms with Crippen molar-refractivity contribution >= 4 is 27.7 Å². The summed E-state index contributed by atoms with van der Waals surface area (Å²) in [7, 11) is 0. The number of amides is 1. The first kappa shape index (κ1) is 21.4. The Morgan fingerprint density at radius 2 is 2.10 bits per heavy atom. The Morgan fingerprint density at radius 3 is 2.90 bits per heavy atom. The Morgan fingerprint density at radius 1 is 1.23 bits per heavy atom. The summed E-state index contributed by atoms with van der Waals surface area (Å²) in [6.07, 6.45) is 6.89. The van der Waals surface area contributed by atoms with Crippen LogP contribution in [0, 0.1) is 0 Å². The summed E-state index contributed by atoms with van der Waals surface area (Å²) < 4.78 is 8.40. The van der Waals surface area contributed by atoms with Crippen LogP contribution in [0.3, 0.4) is 0 Å². The zero-order chi connectivity index (χ0) is 21.3. The van der Waals surface area contributed by atoms with Crippen LogP contribution in [0.1, 0.15) is 23.2 Å². The zero-order valence-electron chi connectivity index (χ0n) is 16.4. The van der Waals surface area contributed by atoms with E-state index in [0.29, 0.717) is 41.8 Å². The van der Waals surface area contributed by atoms with Gasteiger partial charge in [-0.05, 0) is 43.2 Å². The fraction of sp³-hybridized carbons (Fsp3) is 0.182. The summed E-state index contributed by atoms with van der Waals surface area (Å²) in [5.41, 5.74) is 1.02. The minimum atomic E-state index is -0.313. The quantitative estimate of drug-likeness (QED) is 0.339. The highest BCUT2D eigenvalue weighted by atomic mass is 79.9. The summed E-state index contributed by atoms with van der Waals surface area (Å²) in [6, 6.07) is 10.7. The number of anilines is 1. The smallest absolute Gasteiger partial charge is 0.260 e. The Labute approximate surface area is 183 Å². The van der Waals surface area contributed by atoms with Gasteiger partial charge in [0.2, 0.25) is 0 Å². The molecule has 154 valence electrons. The topological polar surface area (TPSA) is 81.9 Å². The molecule has 0 fully saturated rings. The molecule has 7 nitrogen and oxygen atoms in total. The molecule has 0 unspecified atom stereocenters. The molecule has 1 amide bonds. The third-order valence-corrected chi connectivity index (χ3v) is 4.65. The van der Waals surface area contributed by atoms with Crippen LogP contribution in [-0.2, 0) is 6.54 Å². The first-order valence-electron chi connectivity index (χ1n) is 9.43. The SMILES string of the molecule is C=CCCCOc1ccc(Br)cc1C(=O)Nc1cccc(-c2nncn2CC=C)n1. The van der Waals surface area contributed by atoms with Crippen LogP contribution in [0.25, 0.3) is 11.5 Å². The fourth-order valence-corrected chi connectivity index (χ4v) is 3.11. The summed E-state index contributed by atoms with van der Waals surface area (Å²) in [4.78, 5) is 17.4. The van der Waals surface area contributed by atoms with E-state index < -0.39 is 0 Å². The molecular weight excluding hydrogens is 446 g/mol. The summed E-state index contributed by atoms with van der Waals surface area (Å²) in [6.45, 7) is 8.50. The Bertz CT molecular complexity index is 1050. The standard InChI is InChI=1S/C22H22BrN5O2/c1-3-5-6-13-30-19-11-10-16(23)14-17(19)22(29)26-20-9-7-8-18(25-20)21-27-24-15-28(21)12-4-2/h3-4,7-11,14-15H,1-2,5-6,12-13H2,(H,25,26,29). The van der Waals surface area contributed by atoms with E-state index in [9.17, 15) is 4.79 Å². The largest absolute Gasteiger partial charge is 0.493 e. The van der Waals surface area contributed by atoms with Crippen LogP contribution in [0.2, 0.25) is 0 Å². The second-order valence-corrected chi connectivity index (χ2v) is 7.29. The van der Waals surface area contributed by atoms with Gasteiger partial charge in [-0.15, -0.1) is 23.4 Å². The number of halogens is 1. The van der Waals surface area contributed by atoms with Crippen LogP contribution in [0.15, 0.2) is 72.5 Å². The third-order valence-electron chi connectivity index (χ3n) is 4.16. The van der Waals surface area contributed by atoms with E-state index >= 15 is 0 Å². The molecule has 0 atom stereocenters. The average molecular weight is 468 g/mol. The summed E-state index contributed by atoms with van der Waals surface area (Å²) in [5, 5.41) is 10.9. The summed E-state index contributed by atoms with van der Waals surface area (Å²) in [5.74, 6) is 1.21. The molecule has 3 rings (SSSR count). The van der Waals surface area contributed by atoms with E-state index in [1.54, 1.807) is 36.7 Å². The lowest BCUT2D eigenvalue weighted by atomic mass is 10.2. The third kappa shape index (κ3) is 5.42. The van der Waals surface area contributed by atoms with E-state index in [0.717, 1.165) is 17.3 Å². The van der Waals surface area contributed by atoms with Gasteiger partial charge >= 0.3 is 0 Å². The van der Waals surface area contributed by atoms with E-state index in [1.807, 2.05) is 22.8 Å². The molecule has 0 aliphatic carbocycles. The van der Waals surface area contributed by atoms with Gasteiger partial charge in [0.15, 0.2) is 5.82 Å². The number of carbonyl (C=O) groups excluding carboxylic acids is 1. The van der Waals surface area contributed by atoms with Gasteiger partial charge in [0.05, 0.1) is 12.2 Å². The number of nitrogens with one attached hydrogen (secondary N) is 1. The predicted molar refractivity (Wildman–Crippen MR) is 120 cm³/mol. The number of hydrogen-bond acceptors (Lipinski definition) is 5. The maximum Gasteiger partial charge on any atom is 0.260 e. The van der Waals surface area contributed by atoms with Crippen molar-refractivity contribution in [3.63, 3.8) is 0 Å². The van der Waals surface area contributed by atoms with Crippen molar-refractivity contribution in [3.8, 4) is 17.3 Å². The van der Waals surface area contributed by atoms with Crippen molar-refractivity contribution in [1.29, 1.82) is 0 Å². The molecule has 0 spiro atoms. The maximum atomic E-state index is 12.9. The van der Waals surface area contributed by atoms with Gasteiger partial charge in [-0.2, -0.15) is 0 Å². The molecular formula is C22H22BrN5O2. The van der Waals surface area contributed by atoms with Crippen LogP contribution in [0.5, 0.6) is 5.75 Å². The number of allylic oxidation sites excluding steroid dienone is 2. The van der Waals surface area contributed by atoms with Crippen molar-refractivity contribution in [2.24, 2.45) is 0 Å². The lowest BCUT2D eigenvalue weighted by Gasteiger charge is -2.12. The minimum absolute atomic E-state index is 0.313. The van der Waals surface area contributed by atoms with Crippen molar-refractivity contribution in [3.05, 3.63) is 78.1 Å². The number of benzene rings is 1. The second-order valence-electron chi connectivity index (χ2n) is 6.38. The molecule has 0 saturated carbocycles. The molecule has 30 heavy (non-hydrogen) atoms. The molecule has 2 aromatic heterocycles. The Balaban J connectivity index is 1.79. The number of ether oxygens (including phenoxy) is 1. The van der Waals surface area contributed by atoms with E-state index in [2.05, 4.69) is 49.6 Å². The maximum absolute atomic E-state index is 12.9. The zero-order valence-corrected chi connectivity index (χ0v) is 18.0. The predicted octanol–water partition coefficient (Wildman–Crippen LogP) is 4.89. The highest BCUT2D eigenvalue weighted by molar-refractivity contribution is 9.10. The van der Waals surface area contributed by atoms with E-state index in [1.165, 1.54) is 0 Å². The van der Waals surface area contributed by atoms with Gasteiger partial charge in [0, 0.05) is 11.0 Å². The number of pyridine rings is 1. The molecule has 8 heteroatoms. The number of carbonyl (C=O) groups is 1. The molecule has 1 aromatic carbocycles. The van der Waals surface area contributed by atoms with Crippen LogP contribution < -0.4 is 10.1 Å². The van der Waals surface area contributed by atoms with Gasteiger partial charge in [0.25, 0.3) is 5.91 Å². The first-order valence-corrected chi connectivity index (χ1v) is 10.2. The van der Waals surface area contributed by atoms with Gasteiger partial charge in [-0.1, -0.05) is 34.1 Å². The first-order chi connectivity index (χ1) is 14.6. The van der Waals surface area contributed by atoms with Crippen LogP contribution in [-0.4, -0.2) is 32.3 Å². The molecule has 2 heterocycles. The molecule has 0 bridgehead atoms. The second kappa shape index (κ2) is 10.5. The van der Waals surface area contributed by atoms with Crippen molar-refractivity contribution in [2.75, 3.05) is 11.9 Å². The lowest BCUT2D eigenvalue weighted by molar-refractivity contribution is 0.102. The normalized spacial score (nSPS) is 10.4. The molecule has 0 radical (unpaired) electrons. The van der Waals surface area contributed by atoms with Crippen LogP contribution in [0.4, 0.5) is 5.82 Å². The number of hydrogen-bond donors (Lipinski definition) is 1. The lowest BCUT2D eigenvalue weighted by Crippen LogP contribution is -2.15. The van der Waals surface area contributed by atoms with Gasteiger partial charge in [-0.25, -0.2) is 4.98 Å². The average Bonchev–Trinajstić information content (AvgIpc) is 3.21. The van der Waals surface area contributed by atoms with Crippen molar-refractivity contribution in [1.82, 2.24) is 19.7 Å². The monoisotopic (exact) mass is 467 g/mol. The summed E-state index contributed by atoms with van der Waals surface area (Å²) >= 11 is 3.41. The number of nitrogens with zero attached hydrogens (tertiary/aromatic N) is 4. The highest BCUT2D eigenvalue weighted by Crippen LogP contribution is 2.25. The molecule has 0 aliphatic rings. The van der Waals surface area contributed by atoms with Gasteiger partial charge in [-0.3, -0.25) is 4.79 Å². The fourth-order valence-electron chi connectivity index (χ4n) is 2.75. The Hall–Kier alpha value is -3.26. The highest BCUT2D eigenvalue weighted by Gasteiger charge is 2.15. The molecule has 0 saturated heterocycles. The number of rotatable bonds is 10. The van der Waals surface area contributed by atoms with Gasteiger partial charge in [0.1, 0.15) is 23.6 Å². The Kier molecular flexibility index (Phi) is 7.51.